The van der Waals surface area contributed by atoms with Crippen molar-refractivity contribution in [2.24, 2.45) is 0 Å². The van der Waals surface area contributed by atoms with Crippen molar-refractivity contribution < 1.29 is 8.42 Å². The van der Waals surface area contributed by atoms with Crippen LogP contribution in [0.1, 0.15) is 23.4 Å². The Bertz CT molecular complexity index is 909. The van der Waals surface area contributed by atoms with E-state index >= 15 is 0 Å². The Morgan fingerprint density at radius 3 is 2.62 bits per heavy atom. The van der Waals surface area contributed by atoms with Crippen molar-refractivity contribution in [3.05, 3.63) is 47.3 Å². The van der Waals surface area contributed by atoms with Gasteiger partial charge in [0.05, 0.1) is 11.4 Å². The largest absolute Gasteiger partial charge is 0.311 e. The topological polar surface area (TPSA) is 70.5 Å². The Balaban J connectivity index is 1.58. The lowest BCUT2D eigenvalue weighted by Crippen LogP contribution is -2.50. The summed E-state index contributed by atoms with van der Waals surface area (Å²) in [6, 6.07) is 10.3. The van der Waals surface area contributed by atoms with Gasteiger partial charge in [0.15, 0.2) is 0 Å². The van der Waals surface area contributed by atoms with Crippen molar-refractivity contribution in [3.8, 4) is 5.69 Å². The quantitative estimate of drug-likeness (QED) is 0.853. The van der Waals surface area contributed by atoms with Crippen LogP contribution in [0.3, 0.4) is 0 Å². The number of aromatic nitrogens is 2. The Hall–Kier alpha value is -1.74. The molecule has 2 aliphatic heterocycles. The van der Waals surface area contributed by atoms with Crippen LogP contribution in [-0.2, 0) is 16.8 Å². The molecule has 26 heavy (non-hydrogen) atoms. The van der Waals surface area contributed by atoms with Crippen molar-refractivity contribution in [1.82, 2.24) is 23.7 Å². The summed E-state index contributed by atoms with van der Waals surface area (Å²) >= 11 is 0. The molecule has 2 fully saturated rings. The molecule has 0 spiro atoms. The number of nitrogens with one attached hydrogen (secondary N) is 1. The molecule has 8 heteroatoms. The van der Waals surface area contributed by atoms with E-state index in [-0.39, 0.29) is 6.04 Å². The molecular weight excluding hydrogens is 350 g/mol. The lowest BCUT2D eigenvalue weighted by Gasteiger charge is -2.30. The van der Waals surface area contributed by atoms with E-state index in [1.54, 1.807) is 11.4 Å². The SMILES string of the molecule is Cc1nn(-c2ccccc2)c(C)c1CN(C)S(=O)(=O)N1C[C@@H]2C[C@H]1CN2. The molecule has 0 aliphatic carbocycles. The van der Waals surface area contributed by atoms with E-state index in [1.165, 1.54) is 4.31 Å². The van der Waals surface area contributed by atoms with Gasteiger partial charge in [-0.15, -0.1) is 0 Å². The number of hydrogen-bond acceptors (Lipinski definition) is 4. The van der Waals surface area contributed by atoms with Gasteiger partial charge in [-0.3, -0.25) is 0 Å². The number of benzene rings is 1. The van der Waals surface area contributed by atoms with Crippen LogP contribution in [0.2, 0.25) is 0 Å². The van der Waals surface area contributed by atoms with Crippen molar-refractivity contribution in [3.63, 3.8) is 0 Å². The van der Waals surface area contributed by atoms with E-state index < -0.39 is 10.2 Å². The van der Waals surface area contributed by atoms with Crippen LogP contribution in [0, 0.1) is 13.8 Å². The fourth-order valence-electron chi connectivity index (χ4n) is 4.01. The second-order valence-electron chi connectivity index (χ2n) is 7.22. The fraction of sp³-hybridized carbons (Fsp3) is 0.500. The van der Waals surface area contributed by atoms with Crippen LogP contribution in [-0.4, -0.2) is 59.0 Å². The highest BCUT2D eigenvalue weighted by Gasteiger charge is 2.45. The molecule has 7 nitrogen and oxygen atoms in total. The van der Waals surface area contributed by atoms with Crippen molar-refractivity contribution >= 4 is 10.2 Å². The highest BCUT2D eigenvalue weighted by atomic mass is 32.2. The molecule has 140 valence electrons. The number of piperazine rings is 1. The minimum Gasteiger partial charge on any atom is -0.311 e. The van der Waals surface area contributed by atoms with E-state index in [9.17, 15) is 8.42 Å². The van der Waals surface area contributed by atoms with Gasteiger partial charge >= 0.3 is 0 Å². The van der Waals surface area contributed by atoms with E-state index in [1.807, 2.05) is 48.9 Å². The third-order valence-electron chi connectivity index (χ3n) is 5.52. The number of nitrogens with zero attached hydrogens (tertiary/aromatic N) is 4. The van der Waals surface area contributed by atoms with Gasteiger partial charge in [0.25, 0.3) is 10.2 Å². The molecular formula is C18H25N5O2S. The van der Waals surface area contributed by atoms with Crippen molar-refractivity contribution in [2.45, 2.75) is 38.9 Å². The third-order valence-corrected chi connectivity index (χ3v) is 7.48. The third kappa shape index (κ3) is 2.87. The summed E-state index contributed by atoms with van der Waals surface area (Å²) in [4.78, 5) is 0. The molecule has 0 unspecified atom stereocenters. The molecule has 0 radical (unpaired) electrons. The fourth-order valence-corrected chi connectivity index (χ4v) is 5.57. The second kappa shape index (κ2) is 6.45. The average molecular weight is 375 g/mol. The maximum Gasteiger partial charge on any atom is 0.282 e. The van der Waals surface area contributed by atoms with Gasteiger partial charge in [-0.05, 0) is 32.4 Å². The van der Waals surface area contributed by atoms with Crippen LogP contribution in [0.4, 0.5) is 0 Å². The molecule has 3 heterocycles. The predicted molar refractivity (Wildman–Crippen MR) is 100 cm³/mol. The Morgan fingerprint density at radius 2 is 2.00 bits per heavy atom. The number of hydrogen-bond donors (Lipinski definition) is 1. The highest BCUT2D eigenvalue weighted by molar-refractivity contribution is 7.86. The first-order chi connectivity index (χ1) is 12.4. The summed E-state index contributed by atoms with van der Waals surface area (Å²) in [5, 5.41) is 7.97. The van der Waals surface area contributed by atoms with Gasteiger partial charge in [0.1, 0.15) is 0 Å². The summed E-state index contributed by atoms with van der Waals surface area (Å²) < 4.78 is 31.0. The van der Waals surface area contributed by atoms with Crippen LogP contribution in [0.5, 0.6) is 0 Å². The minimum absolute atomic E-state index is 0.0849. The van der Waals surface area contributed by atoms with E-state index in [4.69, 9.17) is 0 Å². The highest BCUT2D eigenvalue weighted by Crippen LogP contribution is 2.28. The van der Waals surface area contributed by atoms with Crippen molar-refractivity contribution in [2.75, 3.05) is 20.1 Å². The minimum atomic E-state index is -3.47. The molecule has 0 amide bonds. The van der Waals surface area contributed by atoms with Crippen LogP contribution in [0.15, 0.2) is 30.3 Å². The lowest BCUT2D eigenvalue weighted by molar-refractivity contribution is 0.314. The molecule has 4 rings (SSSR count). The summed E-state index contributed by atoms with van der Waals surface area (Å²) in [6.07, 6.45) is 0.914. The Kier molecular flexibility index (Phi) is 4.38. The van der Waals surface area contributed by atoms with Crippen LogP contribution >= 0.6 is 0 Å². The number of para-hydroxylation sites is 1. The second-order valence-corrected chi connectivity index (χ2v) is 9.21. The first-order valence-corrected chi connectivity index (χ1v) is 10.3. The maximum absolute atomic E-state index is 13.0. The molecule has 2 bridgehead atoms. The molecule has 2 aliphatic rings. The van der Waals surface area contributed by atoms with Gasteiger partial charge in [-0.1, -0.05) is 18.2 Å². The first-order valence-electron chi connectivity index (χ1n) is 8.95. The monoisotopic (exact) mass is 375 g/mol. The molecule has 1 aromatic carbocycles. The predicted octanol–water partition coefficient (Wildman–Crippen LogP) is 1.21. The van der Waals surface area contributed by atoms with Gasteiger partial charge < -0.3 is 5.32 Å². The molecule has 2 saturated heterocycles. The molecule has 1 aromatic heterocycles. The molecule has 0 saturated carbocycles. The van der Waals surface area contributed by atoms with Gasteiger partial charge in [0.2, 0.25) is 0 Å². The van der Waals surface area contributed by atoms with Gasteiger partial charge in [0, 0.05) is 50.0 Å². The van der Waals surface area contributed by atoms with Crippen LogP contribution < -0.4 is 5.32 Å². The summed E-state index contributed by atoms with van der Waals surface area (Å²) in [6.45, 7) is 5.57. The standard InChI is InChI=1S/C18H25N5O2S/c1-13-18(14(2)23(20-13)16-7-5-4-6-8-16)12-21(3)26(24,25)22-11-15-9-17(22)10-19-15/h4-8,15,17,19H,9-12H2,1-3H3/t15-,17-/m0/s1. The number of aryl methyl sites for hydroxylation is 1. The van der Waals surface area contributed by atoms with Crippen molar-refractivity contribution in [1.29, 1.82) is 0 Å². The molecule has 1 N–H and O–H groups in total. The normalized spacial score (nSPS) is 23.2. The molecule has 2 aromatic rings. The lowest BCUT2D eigenvalue weighted by atomic mass is 10.2. The summed E-state index contributed by atoms with van der Waals surface area (Å²) in [5.74, 6) is 0. The zero-order chi connectivity index (χ0) is 18.5. The smallest absolute Gasteiger partial charge is 0.282 e. The first kappa shape index (κ1) is 17.7. The molecule has 2 atom stereocenters. The summed E-state index contributed by atoms with van der Waals surface area (Å²) in [5.41, 5.74) is 3.77. The zero-order valence-electron chi connectivity index (χ0n) is 15.4. The average Bonchev–Trinajstić information content (AvgIpc) is 3.33. The van der Waals surface area contributed by atoms with Gasteiger partial charge in [-0.2, -0.15) is 22.1 Å². The van der Waals surface area contributed by atoms with Crippen LogP contribution in [0.25, 0.3) is 5.69 Å². The summed E-state index contributed by atoms with van der Waals surface area (Å²) in [7, 11) is -1.81. The zero-order valence-corrected chi connectivity index (χ0v) is 16.2. The van der Waals surface area contributed by atoms with Gasteiger partial charge in [-0.25, -0.2) is 4.68 Å². The van der Waals surface area contributed by atoms with E-state index in [0.717, 1.165) is 35.6 Å². The maximum atomic E-state index is 13.0. The number of rotatable bonds is 5. The van der Waals surface area contributed by atoms with E-state index in [0.29, 0.717) is 19.1 Å². The van der Waals surface area contributed by atoms with E-state index in [2.05, 4.69) is 10.4 Å². The Morgan fingerprint density at radius 1 is 1.27 bits per heavy atom. The number of fused-ring (bicyclic) bond motifs is 2. The Labute approximate surface area is 154 Å².